The van der Waals surface area contributed by atoms with Crippen molar-refractivity contribution in [3.63, 3.8) is 0 Å². The smallest absolute Gasteiger partial charge is 0.0104 e. The third-order valence-corrected chi connectivity index (χ3v) is 3.81. The minimum Gasteiger partial charge on any atom is -0.297 e. The first-order chi connectivity index (χ1) is 6.56. The molecule has 0 unspecified atom stereocenters. The molecular formula is C13H25N. The van der Waals surface area contributed by atoms with Crippen LogP contribution in [0, 0.1) is 5.41 Å². The van der Waals surface area contributed by atoms with Crippen molar-refractivity contribution in [1.82, 2.24) is 4.90 Å². The van der Waals surface area contributed by atoms with E-state index in [1.165, 1.54) is 45.1 Å². The topological polar surface area (TPSA) is 3.24 Å². The van der Waals surface area contributed by atoms with Crippen molar-refractivity contribution in [2.24, 2.45) is 5.41 Å². The highest BCUT2D eigenvalue weighted by Gasteiger charge is 2.35. The van der Waals surface area contributed by atoms with Crippen LogP contribution in [0.25, 0.3) is 0 Å². The van der Waals surface area contributed by atoms with Crippen LogP contribution in [0.15, 0.2) is 0 Å². The van der Waals surface area contributed by atoms with E-state index in [4.69, 9.17) is 0 Å². The summed E-state index contributed by atoms with van der Waals surface area (Å²) in [7, 11) is 0. The van der Waals surface area contributed by atoms with Gasteiger partial charge in [0.05, 0.1) is 0 Å². The number of likely N-dealkylation sites (tertiary alicyclic amines) is 1. The van der Waals surface area contributed by atoms with Crippen molar-refractivity contribution in [1.29, 1.82) is 0 Å². The maximum atomic E-state index is 2.81. The lowest BCUT2D eigenvalue weighted by atomic mass is 9.85. The van der Waals surface area contributed by atoms with Gasteiger partial charge in [-0.25, -0.2) is 0 Å². The van der Waals surface area contributed by atoms with Gasteiger partial charge >= 0.3 is 0 Å². The summed E-state index contributed by atoms with van der Waals surface area (Å²) in [6.45, 7) is 8.52. The zero-order chi connectivity index (χ0) is 10.2. The molecule has 0 amide bonds. The molecule has 1 aliphatic heterocycles. The monoisotopic (exact) mass is 195 g/mol. The van der Waals surface area contributed by atoms with Gasteiger partial charge in [0.25, 0.3) is 0 Å². The van der Waals surface area contributed by atoms with E-state index in [0.717, 1.165) is 12.1 Å². The third kappa shape index (κ3) is 2.31. The van der Waals surface area contributed by atoms with Gasteiger partial charge in [0.1, 0.15) is 0 Å². The number of hydrogen-bond acceptors (Lipinski definition) is 1. The van der Waals surface area contributed by atoms with Gasteiger partial charge in [0, 0.05) is 12.1 Å². The van der Waals surface area contributed by atoms with Crippen LogP contribution in [0.2, 0.25) is 0 Å². The molecular weight excluding hydrogens is 170 g/mol. The zero-order valence-corrected chi connectivity index (χ0v) is 10.1. The molecule has 82 valence electrons. The molecule has 0 aromatic carbocycles. The van der Waals surface area contributed by atoms with Crippen LogP contribution < -0.4 is 0 Å². The molecule has 0 bridgehead atoms. The fraction of sp³-hybridized carbons (Fsp3) is 1.00. The molecule has 1 saturated heterocycles. The first-order valence-electron chi connectivity index (χ1n) is 6.32. The minimum atomic E-state index is 0.511. The number of nitrogens with zero attached hydrogens (tertiary/aromatic N) is 1. The Balaban J connectivity index is 1.89. The Morgan fingerprint density at radius 3 is 2.29 bits per heavy atom. The average Bonchev–Trinajstić information content (AvgIpc) is 2.30. The molecule has 2 rings (SSSR count). The molecule has 1 atom stereocenters. The Bertz CT molecular complexity index is 188. The van der Waals surface area contributed by atoms with Crippen LogP contribution >= 0.6 is 0 Å². The van der Waals surface area contributed by atoms with E-state index in [1.54, 1.807) is 0 Å². The van der Waals surface area contributed by atoms with Gasteiger partial charge in [-0.1, -0.05) is 27.2 Å². The van der Waals surface area contributed by atoms with Gasteiger partial charge in [0.15, 0.2) is 0 Å². The Morgan fingerprint density at radius 2 is 1.79 bits per heavy atom. The summed E-state index contributed by atoms with van der Waals surface area (Å²) in [6.07, 6.45) is 8.71. The second-order valence-corrected chi connectivity index (χ2v) is 6.38. The lowest BCUT2D eigenvalue weighted by Crippen LogP contribution is -2.44. The number of hydrogen-bond donors (Lipinski definition) is 0. The Labute approximate surface area is 88.9 Å². The summed E-state index contributed by atoms with van der Waals surface area (Å²) in [5.74, 6) is 0. The van der Waals surface area contributed by atoms with E-state index >= 15 is 0 Å². The van der Waals surface area contributed by atoms with Crippen LogP contribution in [0.3, 0.4) is 0 Å². The summed E-state index contributed by atoms with van der Waals surface area (Å²) in [4.78, 5) is 2.81. The molecule has 2 fully saturated rings. The van der Waals surface area contributed by atoms with Crippen molar-refractivity contribution in [3.8, 4) is 0 Å². The highest BCUT2D eigenvalue weighted by Crippen LogP contribution is 2.36. The van der Waals surface area contributed by atoms with Crippen molar-refractivity contribution in [2.75, 3.05) is 6.54 Å². The van der Waals surface area contributed by atoms with Crippen molar-refractivity contribution in [3.05, 3.63) is 0 Å². The maximum absolute atomic E-state index is 2.81. The average molecular weight is 195 g/mol. The first-order valence-corrected chi connectivity index (χ1v) is 6.32. The van der Waals surface area contributed by atoms with Gasteiger partial charge in [-0.2, -0.15) is 0 Å². The van der Waals surface area contributed by atoms with Gasteiger partial charge in [-0.15, -0.1) is 0 Å². The summed E-state index contributed by atoms with van der Waals surface area (Å²) < 4.78 is 0. The van der Waals surface area contributed by atoms with Crippen LogP contribution in [-0.2, 0) is 0 Å². The van der Waals surface area contributed by atoms with E-state index in [0.29, 0.717) is 5.41 Å². The molecule has 0 radical (unpaired) electrons. The predicted molar refractivity (Wildman–Crippen MR) is 61.4 cm³/mol. The van der Waals surface area contributed by atoms with E-state index < -0.39 is 0 Å². The molecule has 0 N–H and O–H groups in total. The summed E-state index contributed by atoms with van der Waals surface area (Å²) in [5.41, 5.74) is 0.511. The fourth-order valence-electron chi connectivity index (χ4n) is 2.98. The SMILES string of the molecule is CC(C)(C)C[C@H]1CCCN1C1CCC1. The molecule has 1 nitrogen and oxygen atoms in total. The normalized spacial score (nSPS) is 30.6. The van der Waals surface area contributed by atoms with Gasteiger partial charge in [-0.3, -0.25) is 4.90 Å². The van der Waals surface area contributed by atoms with Crippen molar-refractivity contribution >= 4 is 0 Å². The maximum Gasteiger partial charge on any atom is 0.0104 e. The predicted octanol–water partition coefficient (Wildman–Crippen LogP) is 3.44. The van der Waals surface area contributed by atoms with E-state index in [9.17, 15) is 0 Å². The largest absolute Gasteiger partial charge is 0.297 e. The molecule has 1 heterocycles. The third-order valence-electron chi connectivity index (χ3n) is 3.81. The Morgan fingerprint density at radius 1 is 1.07 bits per heavy atom. The molecule has 2 aliphatic rings. The molecule has 14 heavy (non-hydrogen) atoms. The second kappa shape index (κ2) is 3.84. The molecule has 0 spiro atoms. The highest BCUT2D eigenvalue weighted by molar-refractivity contribution is 4.90. The summed E-state index contributed by atoms with van der Waals surface area (Å²) in [6, 6.07) is 1.87. The summed E-state index contributed by atoms with van der Waals surface area (Å²) >= 11 is 0. The van der Waals surface area contributed by atoms with Crippen LogP contribution in [0.4, 0.5) is 0 Å². The first kappa shape index (κ1) is 10.5. The lowest BCUT2D eigenvalue weighted by molar-refractivity contribution is 0.0913. The molecule has 0 aromatic rings. The van der Waals surface area contributed by atoms with E-state index in [2.05, 4.69) is 25.7 Å². The summed E-state index contributed by atoms with van der Waals surface area (Å²) in [5, 5.41) is 0. The van der Waals surface area contributed by atoms with Crippen molar-refractivity contribution in [2.45, 2.75) is 71.4 Å². The van der Waals surface area contributed by atoms with Gasteiger partial charge in [0.2, 0.25) is 0 Å². The molecule has 1 heteroatoms. The van der Waals surface area contributed by atoms with Gasteiger partial charge < -0.3 is 0 Å². The Hall–Kier alpha value is -0.0400. The molecule has 1 saturated carbocycles. The van der Waals surface area contributed by atoms with Crippen molar-refractivity contribution < 1.29 is 0 Å². The Kier molecular flexibility index (Phi) is 2.88. The second-order valence-electron chi connectivity index (χ2n) is 6.38. The minimum absolute atomic E-state index is 0.511. The fourth-order valence-corrected chi connectivity index (χ4v) is 2.98. The van der Waals surface area contributed by atoms with Crippen LogP contribution in [0.1, 0.15) is 59.3 Å². The highest BCUT2D eigenvalue weighted by atomic mass is 15.2. The zero-order valence-electron chi connectivity index (χ0n) is 10.1. The molecule has 1 aliphatic carbocycles. The van der Waals surface area contributed by atoms with Crippen LogP contribution in [-0.4, -0.2) is 23.5 Å². The van der Waals surface area contributed by atoms with Gasteiger partial charge in [-0.05, 0) is 44.1 Å². The molecule has 0 aromatic heterocycles. The number of rotatable bonds is 2. The lowest BCUT2D eigenvalue weighted by Gasteiger charge is -2.40. The van der Waals surface area contributed by atoms with E-state index in [1.807, 2.05) is 0 Å². The van der Waals surface area contributed by atoms with E-state index in [-0.39, 0.29) is 0 Å². The van der Waals surface area contributed by atoms with Crippen LogP contribution in [0.5, 0.6) is 0 Å². The quantitative estimate of drug-likeness (QED) is 0.652. The standard InChI is InChI=1S/C13H25N/c1-13(2,3)10-12-8-5-9-14(12)11-6-4-7-11/h11-12H,4-10H2,1-3H3/t12-/m1/s1.